The molecule has 0 aliphatic carbocycles. The number of carbonyl (C=O) groups excluding carboxylic acids is 5. The lowest BCUT2D eigenvalue weighted by molar-refractivity contribution is -0.136. The maximum absolute atomic E-state index is 13.1. The number of anilines is 1. The molecule has 8 nitrogen and oxygen atoms in total. The highest BCUT2D eigenvalue weighted by Crippen LogP contribution is 2.35. The number of rotatable bonds is 3. The third kappa shape index (κ3) is 2.89. The summed E-state index contributed by atoms with van der Waals surface area (Å²) in [5.74, 6) is -1.81. The Balaban J connectivity index is 1.63. The lowest BCUT2D eigenvalue weighted by atomic mass is 9.92. The van der Waals surface area contributed by atoms with Crippen molar-refractivity contribution in [2.75, 3.05) is 18.0 Å². The molecule has 0 spiro atoms. The van der Waals surface area contributed by atoms with Gasteiger partial charge in [0.2, 0.25) is 11.8 Å². The molecule has 8 heteroatoms. The van der Waals surface area contributed by atoms with Crippen molar-refractivity contribution in [2.45, 2.75) is 38.6 Å². The number of nitrogens with zero attached hydrogens (tertiary/aromatic N) is 2. The molecule has 2 saturated heterocycles. The third-order valence-electron chi connectivity index (χ3n) is 5.86. The number of ketones is 1. The number of benzene rings is 1. The van der Waals surface area contributed by atoms with Gasteiger partial charge in [-0.3, -0.25) is 34.2 Å². The first-order valence-corrected chi connectivity index (χ1v) is 9.48. The van der Waals surface area contributed by atoms with E-state index in [4.69, 9.17) is 0 Å². The Morgan fingerprint density at radius 2 is 1.75 bits per heavy atom. The van der Waals surface area contributed by atoms with Crippen LogP contribution in [0.5, 0.6) is 0 Å². The molecule has 2 fully saturated rings. The van der Waals surface area contributed by atoms with Crippen molar-refractivity contribution >= 4 is 35.1 Å². The van der Waals surface area contributed by atoms with Crippen molar-refractivity contribution in [3.63, 3.8) is 0 Å². The van der Waals surface area contributed by atoms with Crippen LogP contribution in [0.3, 0.4) is 0 Å². The molecule has 0 saturated carbocycles. The number of fused-ring (bicyclic) bond motifs is 1. The Bertz CT molecular complexity index is 901. The van der Waals surface area contributed by atoms with Gasteiger partial charge in [0.1, 0.15) is 11.8 Å². The zero-order chi connectivity index (χ0) is 20.0. The number of carbonyl (C=O) groups is 5. The summed E-state index contributed by atoms with van der Waals surface area (Å²) in [6.45, 7) is 2.85. The summed E-state index contributed by atoms with van der Waals surface area (Å²) in [7, 11) is 0. The molecule has 1 aromatic carbocycles. The highest BCUT2D eigenvalue weighted by Gasteiger charge is 2.46. The molecule has 3 aliphatic rings. The Morgan fingerprint density at radius 3 is 2.39 bits per heavy atom. The van der Waals surface area contributed by atoms with Crippen molar-refractivity contribution in [1.82, 2.24) is 10.2 Å². The first-order valence-electron chi connectivity index (χ1n) is 9.48. The summed E-state index contributed by atoms with van der Waals surface area (Å²) in [6.07, 6.45) is 1.64. The van der Waals surface area contributed by atoms with Crippen LogP contribution in [0, 0.1) is 5.92 Å². The van der Waals surface area contributed by atoms with E-state index in [1.807, 2.05) is 4.90 Å². The lowest BCUT2D eigenvalue weighted by Crippen LogP contribution is -2.54. The van der Waals surface area contributed by atoms with Gasteiger partial charge >= 0.3 is 0 Å². The second-order valence-electron chi connectivity index (χ2n) is 7.52. The largest absolute Gasteiger partial charge is 0.371 e. The van der Waals surface area contributed by atoms with E-state index in [1.54, 1.807) is 25.1 Å². The number of nitrogens with one attached hydrogen (secondary N) is 1. The van der Waals surface area contributed by atoms with Crippen molar-refractivity contribution < 1.29 is 24.0 Å². The molecule has 4 rings (SSSR count). The predicted octanol–water partition coefficient (Wildman–Crippen LogP) is 0.893. The lowest BCUT2D eigenvalue weighted by Gasteiger charge is -2.33. The average Bonchev–Trinajstić information content (AvgIpc) is 2.93. The molecule has 28 heavy (non-hydrogen) atoms. The van der Waals surface area contributed by atoms with Crippen LogP contribution in [-0.2, 0) is 14.4 Å². The summed E-state index contributed by atoms with van der Waals surface area (Å²) in [4.78, 5) is 64.2. The van der Waals surface area contributed by atoms with E-state index >= 15 is 0 Å². The predicted molar refractivity (Wildman–Crippen MR) is 98.7 cm³/mol. The zero-order valence-corrected chi connectivity index (χ0v) is 15.6. The van der Waals surface area contributed by atoms with Gasteiger partial charge in [0.05, 0.1) is 16.8 Å². The Morgan fingerprint density at radius 1 is 1.04 bits per heavy atom. The molecule has 0 aromatic heterocycles. The van der Waals surface area contributed by atoms with E-state index < -0.39 is 29.7 Å². The third-order valence-corrected chi connectivity index (χ3v) is 5.86. The van der Waals surface area contributed by atoms with Crippen molar-refractivity contribution in [1.29, 1.82) is 0 Å². The Hall–Kier alpha value is -3.03. The summed E-state index contributed by atoms with van der Waals surface area (Å²) in [5, 5.41) is 2.20. The maximum atomic E-state index is 13.1. The van der Waals surface area contributed by atoms with Crippen LogP contribution in [0.4, 0.5) is 5.69 Å². The molecule has 1 aromatic rings. The highest BCUT2D eigenvalue weighted by molar-refractivity contribution is 6.25. The van der Waals surface area contributed by atoms with Gasteiger partial charge in [0.25, 0.3) is 11.8 Å². The normalized spacial score (nSPS) is 23.1. The minimum atomic E-state index is -0.971. The monoisotopic (exact) mass is 383 g/mol. The molecule has 3 aliphatic heterocycles. The van der Waals surface area contributed by atoms with Crippen molar-refractivity contribution in [3.8, 4) is 0 Å². The summed E-state index contributed by atoms with van der Waals surface area (Å²) < 4.78 is 0. The molecule has 1 N–H and O–H groups in total. The van der Waals surface area contributed by atoms with Crippen LogP contribution in [0.1, 0.15) is 53.3 Å². The van der Waals surface area contributed by atoms with Crippen LogP contribution in [0.25, 0.3) is 0 Å². The smallest absolute Gasteiger partial charge is 0.264 e. The zero-order valence-electron chi connectivity index (χ0n) is 15.6. The fourth-order valence-electron chi connectivity index (χ4n) is 4.29. The van der Waals surface area contributed by atoms with Gasteiger partial charge in [0.15, 0.2) is 0 Å². The summed E-state index contributed by atoms with van der Waals surface area (Å²) >= 11 is 0. The standard InChI is InChI=1S/C20H21N3O5/c1-11(24)12-7-9-22(10-8-12)14-4-2-3-13-17(14)20(28)23(19(13)27)15-5-6-16(25)21-18(15)26/h2-4,12,15H,5-10H2,1H3,(H,21,25,26). The number of imide groups is 2. The summed E-state index contributed by atoms with van der Waals surface area (Å²) in [6, 6.07) is 4.14. The summed E-state index contributed by atoms with van der Waals surface area (Å²) in [5.41, 5.74) is 1.24. The van der Waals surface area contributed by atoms with Gasteiger partial charge in [-0.05, 0) is 38.3 Å². The average molecular weight is 383 g/mol. The Labute approximate surface area is 161 Å². The van der Waals surface area contributed by atoms with E-state index in [9.17, 15) is 24.0 Å². The number of amides is 4. The van der Waals surface area contributed by atoms with Gasteiger partial charge in [0, 0.05) is 25.4 Å². The van der Waals surface area contributed by atoms with Gasteiger partial charge in [-0.25, -0.2) is 0 Å². The second kappa shape index (κ2) is 6.85. The minimum absolute atomic E-state index is 0.0327. The van der Waals surface area contributed by atoms with E-state index in [0.29, 0.717) is 37.2 Å². The van der Waals surface area contributed by atoms with Crippen LogP contribution in [0.15, 0.2) is 18.2 Å². The molecular weight excluding hydrogens is 362 g/mol. The van der Waals surface area contributed by atoms with Gasteiger partial charge in [-0.2, -0.15) is 0 Å². The van der Waals surface area contributed by atoms with Crippen molar-refractivity contribution in [3.05, 3.63) is 29.3 Å². The number of hydrogen-bond donors (Lipinski definition) is 1. The molecule has 0 bridgehead atoms. The first kappa shape index (κ1) is 18.3. The van der Waals surface area contributed by atoms with Gasteiger partial charge in [-0.1, -0.05) is 6.07 Å². The topological polar surface area (TPSA) is 104 Å². The minimum Gasteiger partial charge on any atom is -0.371 e. The maximum Gasteiger partial charge on any atom is 0.264 e. The molecule has 3 heterocycles. The molecule has 146 valence electrons. The fraction of sp³-hybridized carbons (Fsp3) is 0.450. The van der Waals surface area contributed by atoms with Crippen molar-refractivity contribution in [2.24, 2.45) is 5.92 Å². The van der Waals surface area contributed by atoms with Gasteiger partial charge in [-0.15, -0.1) is 0 Å². The quantitative estimate of drug-likeness (QED) is 0.778. The van der Waals surface area contributed by atoms with Crippen LogP contribution < -0.4 is 10.2 Å². The van der Waals surface area contributed by atoms with E-state index in [-0.39, 0.29) is 30.1 Å². The van der Waals surface area contributed by atoms with Crippen LogP contribution >= 0.6 is 0 Å². The highest BCUT2D eigenvalue weighted by atomic mass is 16.2. The SMILES string of the molecule is CC(=O)C1CCN(c2cccc3c2C(=O)N(C2CCC(=O)NC2=O)C3=O)CC1. The van der Waals surface area contributed by atoms with E-state index in [0.717, 1.165) is 4.90 Å². The molecule has 4 amide bonds. The van der Waals surface area contributed by atoms with Gasteiger partial charge < -0.3 is 4.90 Å². The van der Waals surface area contributed by atoms with Crippen LogP contribution in [0.2, 0.25) is 0 Å². The second-order valence-corrected chi connectivity index (χ2v) is 7.52. The molecule has 0 radical (unpaired) electrons. The number of Topliss-reactive ketones (excluding diaryl/α,β-unsaturated/α-hetero) is 1. The molecule has 1 unspecified atom stereocenters. The fourth-order valence-corrected chi connectivity index (χ4v) is 4.29. The van der Waals surface area contributed by atoms with E-state index in [2.05, 4.69) is 5.32 Å². The van der Waals surface area contributed by atoms with E-state index in [1.165, 1.54) is 0 Å². The molecular formula is C20H21N3O5. The van der Waals surface area contributed by atoms with Crippen LogP contribution in [-0.4, -0.2) is 53.4 Å². The first-order chi connectivity index (χ1) is 13.4. The number of piperidine rings is 2. The molecule has 1 atom stereocenters. The number of hydrogen-bond acceptors (Lipinski definition) is 6. The Kier molecular flexibility index (Phi) is 4.49.